The Balaban J connectivity index is 2.01. The van der Waals surface area contributed by atoms with Gasteiger partial charge in [0.1, 0.15) is 0 Å². The monoisotopic (exact) mass is 392 g/mol. The molecule has 0 spiro atoms. The highest BCUT2D eigenvalue weighted by molar-refractivity contribution is 7.89. The van der Waals surface area contributed by atoms with Crippen molar-refractivity contribution in [3.05, 3.63) is 64.7 Å². The van der Waals surface area contributed by atoms with Crippen LogP contribution in [0.15, 0.2) is 53.4 Å². The molecular formula is C19H21ClN2O3S. The second-order valence-corrected chi connectivity index (χ2v) is 8.52. The molecule has 0 fully saturated rings. The average molecular weight is 393 g/mol. The predicted molar refractivity (Wildman–Crippen MR) is 102 cm³/mol. The van der Waals surface area contributed by atoms with Crippen LogP contribution in [0.2, 0.25) is 5.02 Å². The summed E-state index contributed by atoms with van der Waals surface area (Å²) in [6, 6.07) is 13.3. The summed E-state index contributed by atoms with van der Waals surface area (Å²) in [5, 5.41) is 3.24. The molecule has 1 amide bonds. The maximum Gasteiger partial charge on any atom is 0.243 e. The normalized spacial score (nSPS) is 17.5. The third-order valence-corrected chi connectivity index (χ3v) is 6.71. The summed E-state index contributed by atoms with van der Waals surface area (Å²) in [5.41, 5.74) is 1.98. The summed E-state index contributed by atoms with van der Waals surface area (Å²) in [6.45, 7) is 2.69. The number of nitrogens with zero attached hydrogens (tertiary/aromatic N) is 1. The van der Waals surface area contributed by atoms with E-state index in [1.165, 1.54) is 16.4 Å². The molecule has 1 aliphatic rings. The fourth-order valence-corrected chi connectivity index (χ4v) is 5.05. The van der Waals surface area contributed by atoms with E-state index in [4.69, 9.17) is 11.6 Å². The van der Waals surface area contributed by atoms with Gasteiger partial charge in [0.2, 0.25) is 15.9 Å². The van der Waals surface area contributed by atoms with Gasteiger partial charge in [-0.05, 0) is 48.7 Å². The Morgan fingerprint density at radius 1 is 1.19 bits per heavy atom. The second-order valence-electron chi connectivity index (χ2n) is 6.19. The van der Waals surface area contributed by atoms with E-state index >= 15 is 0 Å². The van der Waals surface area contributed by atoms with Crippen molar-refractivity contribution in [2.24, 2.45) is 0 Å². The van der Waals surface area contributed by atoms with E-state index in [9.17, 15) is 13.2 Å². The van der Waals surface area contributed by atoms with Crippen LogP contribution in [0.4, 0.5) is 0 Å². The third-order valence-electron chi connectivity index (χ3n) is 4.54. The van der Waals surface area contributed by atoms with E-state index in [0.717, 1.165) is 11.1 Å². The number of fused-ring (bicyclic) bond motifs is 1. The Bertz CT molecular complexity index is 897. The third kappa shape index (κ3) is 3.77. The Morgan fingerprint density at radius 3 is 2.58 bits per heavy atom. The molecule has 1 N–H and O–H groups in total. The molecule has 0 aliphatic carbocycles. The maximum atomic E-state index is 13.2. The van der Waals surface area contributed by atoms with E-state index in [-0.39, 0.29) is 17.2 Å². The number of hydrogen-bond acceptors (Lipinski definition) is 3. The van der Waals surface area contributed by atoms with Crippen molar-refractivity contribution in [1.29, 1.82) is 0 Å². The quantitative estimate of drug-likeness (QED) is 0.849. The van der Waals surface area contributed by atoms with Crippen LogP contribution in [0.25, 0.3) is 0 Å². The summed E-state index contributed by atoms with van der Waals surface area (Å²) in [5.74, 6) is -0.162. The maximum absolute atomic E-state index is 13.2. The largest absolute Gasteiger partial charge is 0.356 e. The zero-order chi connectivity index (χ0) is 18.7. The van der Waals surface area contributed by atoms with Gasteiger partial charge >= 0.3 is 0 Å². The van der Waals surface area contributed by atoms with Gasteiger partial charge in [0, 0.05) is 24.5 Å². The minimum atomic E-state index is -3.74. The van der Waals surface area contributed by atoms with Gasteiger partial charge < -0.3 is 5.32 Å². The Hall–Kier alpha value is -1.89. The average Bonchev–Trinajstić information content (AvgIpc) is 2.62. The Labute approximate surface area is 159 Å². The molecule has 0 saturated heterocycles. The fraction of sp³-hybridized carbons (Fsp3) is 0.316. The fourth-order valence-electron chi connectivity index (χ4n) is 3.31. The summed E-state index contributed by atoms with van der Waals surface area (Å²) >= 11 is 5.89. The van der Waals surface area contributed by atoms with Crippen molar-refractivity contribution < 1.29 is 13.2 Å². The molecule has 2 aromatic carbocycles. The van der Waals surface area contributed by atoms with E-state index in [2.05, 4.69) is 5.32 Å². The molecule has 0 saturated carbocycles. The molecule has 0 bridgehead atoms. The summed E-state index contributed by atoms with van der Waals surface area (Å²) in [7, 11) is -3.74. The SMILES string of the molecule is CCNC(=O)C[C@@H]1c2ccccc2CCN1S(=O)(=O)c1ccc(Cl)cc1. The summed E-state index contributed by atoms with van der Waals surface area (Å²) < 4.78 is 27.9. The number of hydrogen-bond donors (Lipinski definition) is 1. The first kappa shape index (κ1) is 18.9. The lowest BCUT2D eigenvalue weighted by atomic mass is 9.92. The molecule has 138 valence electrons. The number of carbonyl (C=O) groups excluding carboxylic acids is 1. The van der Waals surface area contributed by atoms with Gasteiger partial charge in [0.15, 0.2) is 0 Å². The van der Waals surface area contributed by atoms with E-state index in [0.29, 0.717) is 24.5 Å². The van der Waals surface area contributed by atoms with Crippen LogP contribution in [0.3, 0.4) is 0 Å². The molecule has 2 aromatic rings. The predicted octanol–water partition coefficient (Wildman–Crippen LogP) is 3.15. The number of carbonyl (C=O) groups is 1. The van der Waals surface area contributed by atoms with Gasteiger partial charge in [-0.3, -0.25) is 4.79 Å². The molecule has 0 aromatic heterocycles. The van der Waals surface area contributed by atoms with Crippen LogP contribution in [0.5, 0.6) is 0 Å². The molecule has 1 aliphatic heterocycles. The number of halogens is 1. The minimum absolute atomic E-state index is 0.0949. The number of nitrogens with one attached hydrogen (secondary N) is 1. The van der Waals surface area contributed by atoms with Gasteiger partial charge in [-0.25, -0.2) is 8.42 Å². The van der Waals surface area contributed by atoms with Crippen molar-refractivity contribution in [3.63, 3.8) is 0 Å². The lowest BCUT2D eigenvalue weighted by molar-refractivity contribution is -0.121. The molecule has 3 rings (SSSR count). The highest BCUT2D eigenvalue weighted by atomic mass is 35.5. The molecule has 0 unspecified atom stereocenters. The molecule has 5 nitrogen and oxygen atoms in total. The molecule has 0 radical (unpaired) electrons. The highest BCUT2D eigenvalue weighted by Gasteiger charge is 2.37. The number of rotatable bonds is 5. The molecule has 26 heavy (non-hydrogen) atoms. The van der Waals surface area contributed by atoms with Gasteiger partial charge in [-0.2, -0.15) is 4.31 Å². The zero-order valence-electron chi connectivity index (χ0n) is 14.5. The topological polar surface area (TPSA) is 66.5 Å². The van der Waals surface area contributed by atoms with Gasteiger partial charge in [0.25, 0.3) is 0 Å². The smallest absolute Gasteiger partial charge is 0.243 e. The van der Waals surface area contributed by atoms with E-state index in [1.807, 2.05) is 31.2 Å². The van der Waals surface area contributed by atoms with Crippen molar-refractivity contribution >= 4 is 27.5 Å². The zero-order valence-corrected chi connectivity index (χ0v) is 16.1. The lowest BCUT2D eigenvalue weighted by Gasteiger charge is -2.36. The summed E-state index contributed by atoms with van der Waals surface area (Å²) in [4.78, 5) is 12.4. The van der Waals surface area contributed by atoms with Crippen LogP contribution in [-0.4, -0.2) is 31.7 Å². The van der Waals surface area contributed by atoms with Gasteiger partial charge in [-0.1, -0.05) is 35.9 Å². The van der Waals surface area contributed by atoms with Crippen molar-refractivity contribution in [2.75, 3.05) is 13.1 Å². The van der Waals surface area contributed by atoms with Crippen LogP contribution in [0, 0.1) is 0 Å². The summed E-state index contributed by atoms with van der Waals surface area (Å²) in [6.07, 6.45) is 0.715. The van der Waals surface area contributed by atoms with Crippen molar-refractivity contribution in [2.45, 2.75) is 30.7 Å². The molecular weight excluding hydrogens is 372 g/mol. The second kappa shape index (κ2) is 7.78. The van der Waals surface area contributed by atoms with Crippen LogP contribution in [0.1, 0.15) is 30.5 Å². The van der Waals surface area contributed by atoms with Gasteiger partial charge in [0.05, 0.1) is 10.9 Å². The van der Waals surface area contributed by atoms with E-state index in [1.54, 1.807) is 12.1 Å². The van der Waals surface area contributed by atoms with Crippen LogP contribution < -0.4 is 5.32 Å². The highest BCUT2D eigenvalue weighted by Crippen LogP contribution is 2.36. The van der Waals surface area contributed by atoms with Crippen LogP contribution in [-0.2, 0) is 21.2 Å². The lowest BCUT2D eigenvalue weighted by Crippen LogP contribution is -2.42. The van der Waals surface area contributed by atoms with Crippen molar-refractivity contribution in [3.8, 4) is 0 Å². The Morgan fingerprint density at radius 2 is 1.88 bits per heavy atom. The minimum Gasteiger partial charge on any atom is -0.356 e. The van der Waals surface area contributed by atoms with Gasteiger partial charge in [-0.15, -0.1) is 0 Å². The molecule has 1 heterocycles. The first-order valence-corrected chi connectivity index (χ1v) is 10.4. The molecule has 7 heteroatoms. The van der Waals surface area contributed by atoms with Crippen molar-refractivity contribution in [1.82, 2.24) is 9.62 Å². The first-order valence-electron chi connectivity index (χ1n) is 8.55. The van der Waals surface area contributed by atoms with E-state index < -0.39 is 16.1 Å². The number of amides is 1. The Kier molecular flexibility index (Phi) is 5.65. The molecule has 1 atom stereocenters. The first-order chi connectivity index (χ1) is 12.4. The standard InChI is InChI=1S/C19H21ClN2O3S/c1-2-21-19(23)13-18-17-6-4-3-5-14(17)11-12-22(18)26(24,25)16-9-7-15(20)8-10-16/h3-10,18H,2,11-13H2,1H3,(H,21,23)/t18-/m1/s1. The number of sulfonamides is 1. The number of benzene rings is 2. The van der Waals surface area contributed by atoms with Crippen LogP contribution >= 0.6 is 11.6 Å².